The Labute approximate surface area is 145 Å². The molecule has 2 rings (SSSR count). The summed E-state index contributed by atoms with van der Waals surface area (Å²) in [5.41, 5.74) is 1.96. The van der Waals surface area contributed by atoms with E-state index in [4.69, 9.17) is 9.47 Å². The van der Waals surface area contributed by atoms with Crippen molar-refractivity contribution < 1.29 is 14.6 Å². The third kappa shape index (κ3) is 4.96. The monoisotopic (exact) mass is 379 g/mol. The van der Waals surface area contributed by atoms with Crippen molar-refractivity contribution in [2.75, 3.05) is 20.3 Å². The summed E-state index contributed by atoms with van der Waals surface area (Å²) >= 11 is 3.52. The van der Waals surface area contributed by atoms with Gasteiger partial charge in [-0.1, -0.05) is 30.3 Å². The van der Waals surface area contributed by atoms with E-state index in [9.17, 15) is 5.11 Å². The Kier molecular flexibility index (Phi) is 6.89. The first-order valence-electron chi connectivity index (χ1n) is 7.58. The third-order valence-electron chi connectivity index (χ3n) is 3.43. The quantitative estimate of drug-likeness (QED) is 0.734. The van der Waals surface area contributed by atoms with Gasteiger partial charge in [0.1, 0.15) is 0 Å². The van der Waals surface area contributed by atoms with Gasteiger partial charge in [-0.05, 0) is 46.1 Å². The topological polar surface area (TPSA) is 50.7 Å². The van der Waals surface area contributed by atoms with Crippen LogP contribution in [0.3, 0.4) is 0 Å². The fourth-order valence-electron chi connectivity index (χ4n) is 2.31. The average Bonchev–Trinajstić information content (AvgIpc) is 2.57. The summed E-state index contributed by atoms with van der Waals surface area (Å²) in [4.78, 5) is 0. The van der Waals surface area contributed by atoms with Crippen LogP contribution >= 0.6 is 15.9 Å². The van der Waals surface area contributed by atoms with Crippen molar-refractivity contribution >= 4 is 15.9 Å². The van der Waals surface area contributed by atoms with Crippen LogP contribution in [0, 0.1) is 0 Å². The second kappa shape index (κ2) is 8.91. The van der Waals surface area contributed by atoms with Crippen molar-refractivity contribution in [3.05, 3.63) is 58.1 Å². The smallest absolute Gasteiger partial charge is 0.175 e. The van der Waals surface area contributed by atoms with Crippen LogP contribution < -0.4 is 14.8 Å². The van der Waals surface area contributed by atoms with E-state index < -0.39 is 6.10 Å². The summed E-state index contributed by atoms with van der Waals surface area (Å²) in [5, 5.41) is 13.4. The molecular weight excluding hydrogens is 358 g/mol. The molecule has 0 amide bonds. The number of methoxy groups -OCH3 is 1. The molecule has 2 aromatic rings. The van der Waals surface area contributed by atoms with Crippen LogP contribution in [0.15, 0.2) is 46.9 Å². The Balaban J connectivity index is 1.97. The summed E-state index contributed by atoms with van der Waals surface area (Å²) in [6, 6.07) is 13.6. The van der Waals surface area contributed by atoms with Gasteiger partial charge in [0.05, 0.1) is 24.3 Å². The van der Waals surface area contributed by atoms with Gasteiger partial charge in [-0.25, -0.2) is 0 Å². The zero-order valence-electron chi connectivity index (χ0n) is 13.4. The van der Waals surface area contributed by atoms with Gasteiger partial charge in [-0.3, -0.25) is 0 Å². The third-order valence-corrected chi connectivity index (χ3v) is 4.02. The molecule has 5 heteroatoms. The molecule has 1 atom stereocenters. The minimum absolute atomic E-state index is 0.483. The number of hydrogen-bond acceptors (Lipinski definition) is 4. The molecule has 4 nitrogen and oxygen atoms in total. The van der Waals surface area contributed by atoms with Crippen LogP contribution in [0.5, 0.6) is 11.5 Å². The van der Waals surface area contributed by atoms with Gasteiger partial charge in [0.15, 0.2) is 11.5 Å². The number of benzene rings is 2. The SMILES string of the molecule is CCOc1c(Br)cc(CNC[C@@H](O)c2ccccc2)cc1OC. The molecule has 0 spiro atoms. The van der Waals surface area contributed by atoms with Crippen molar-refractivity contribution in [2.24, 2.45) is 0 Å². The van der Waals surface area contributed by atoms with Crippen molar-refractivity contribution in [3.8, 4) is 11.5 Å². The molecule has 0 aliphatic heterocycles. The van der Waals surface area contributed by atoms with Crippen LogP contribution in [0.4, 0.5) is 0 Å². The normalized spacial score (nSPS) is 12.0. The fraction of sp³-hybridized carbons (Fsp3) is 0.333. The first-order valence-corrected chi connectivity index (χ1v) is 8.38. The van der Waals surface area contributed by atoms with Crippen LogP contribution in [-0.2, 0) is 6.54 Å². The molecule has 23 heavy (non-hydrogen) atoms. The first kappa shape index (κ1) is 17.8. The first-order chi connectivity index (χ1) is 11.2. The van der Waals surface area contributed by atoms with E-state index in [-0.39, 0.29) is 0 Å². The highest BCUT2D eigenvalue weighted by atomic mass is 79.9. The summed E-state index contributed by atoms with van der Waals surface area (Å²) in [5.74, 6) is 1.41. The highest BCUT2D eigenvalue weighted by molar-refractivity contribution is 9.10. The standard InChI is InChI=1S/C18H22BrNO3/c1-3-23-18-15(19)9-13(10-17(18)22-2)11-20-12-16(21)14-7-5-4-6-8-14/h4-10,16,20-21H,3,11-12H2,1-2H3/t16-/m1/s1. The van der Waals surface area contributed by atoms with Crippen LogP contribution in [0.2, 0.25) is 0 Å². The Morgan fingerprint density at radius 2 is 1.96 bits per heavy atom. The Morgan fingerprint density at radius 1 is 1.22 bits per heavy atom. The second-order valence-corrected chi connectivity index (χ2v) is 5.95. The summed E-state index contributed by atoms with van der Waals surface area (Å²) in [6.45, 7) is 3.63. The fourth-order valence-corrected chi connectivity index (χ4v) is 2.91. The zero-order valence-corrected chi connectivity index (χ0v) is 15.0. The molecule has 2 aromatic carbocycles. The van der Waals surface area contributed by atoms with Gasteiger partial charge in [-0.15, -0.1) is 0 Å². The van der Waals surface area contributed by atoms with Gasteiger partial charge in [-0.2, -0.15) is 0 Å². The lowest BCUT2D eigenvalue weighted by Crippen LogP contribution is -2.21. The number of aliphatic hydroxyl groups excluding tert-OH is 1. The zero-order chi connectivity index (χ0) is 16.7. The highest BCUT2D eigenvalue weighted by Gasteiger charge is 2.12. The summed E-state index contributed by atoms with van der Waals surface area (Å²) in [6.07, 6.45) is -0.524. The maximum Gasteiger partial charge on any atom is 0.175 e. The number of aliphatic hydroxyl groups is 1. The van der Waals surface area contributed by atoms with E-state index in [1.807, 2.05) is 49.4 Å². The van der Waals surface area contributed by atoms with Crippen molar-refractivity contribution in [1.29, 1.82) is 0 Å². The number of halogens is 1. The molecular formula is C18H22BrNO3. The second-order valence-electron chi connectivity index (χ2n) is 5.10. The Hall–Kier alpha value is -1.56. The summed E-state index contributed by atoms with van der Waals surface area (Å²) in [7, 11) is 1.63. The van der Waals surface area contributed by atoms with Crippen LogP contribution in [-0.4, -0.2) is 25.4 Å². The van der Waals surface area contributed by atoms with Crippen molar-refractivity contribution in [3.63, 3.8) is 0 Å². The minimum Gasteiger partial charge on any atom is -0.493 e. The molecule has 0 heterocycles. The van der Waals surface area contributed by atoms with E-state index >= 15 is 0 Å². The molecule has 0 radical (unpaired) electrons. The molecule has 0 fully saturated rings. The largest absolute Gasteiger partial charge is 0.493 e. The van der Waals surface area contributed by atoms with Crippen molar-refractivity contribution in [2.45, 2.75) is 19.6 Å². The van der Waals surface area contributed by atoms with Crippen LogP contribution in [0.1, 0.15) is 24.2 Å². The molecule has 0 aromatic heterocycles. The number of hydrogen-bond donors (Lipinski definition) is 2. The van der Waals surface area contributed by atoms with Gasteiger partial charge in [0.2, 0.25) is 0 Å². The molecule has 0 unspecified atom stereocenters. The molecule has 124 valence electrons. The Bertz CT molecular complexity index is 619. The average molecular weight is 380 g/mol. The van der Waals surface area contributed by atoms with Gasteiger partial charge >= 0.3 is 0 Å². The molecule has 0 aliphatic carbocycles. The van der Waals surface area contributed by atoms with Crippen molar-refractivity contribution in [1.82, 2.24) is 5.32 Å². The van der Waals surface area contributed by atoms with Gasteiger partial charge in [0.25, 0.3) is 0 Å². The predicted molar refractivity (Wildman–Crippen MR) is 95.0 cm³/mol. The van der Waals surface area contributed by atoms with E-state index in [0.29, 0.717) is 31.2 Å². The minimum atomic E-state index is -0.524. The predicted octanol–water partition coefficient (Wildman–Crippen LogP) is 3.68. The van der Waals surface area contributed by atoms with Gasteiger partial charge < -0.3 is 19.9 Å². The van der Waals surface area contributed by atoms with E-state index in [1.54, 1.807) is 7.11 Å². The maximum atomic E-state index is 10.2. The summed E-state index contributed by atoms with van der Waals surface area (Å²) < 4.78 is 11.8. The lowest BCUT2D eigenvalue weighted by atomic mass is 10.1. The number of rotatable bonds is 8. The molecule has 0 saturated carbocycles. The lowest BCUT2D eigenvalue weighted by molar-refractivity contribution is 0.174. The number of ether oxygens (including phenoxy) is 2. The molecule has 0 saturated heterocycles. The van der Waals surface area contributed by atoms with E-state index in [2.05, 4.69) is 21.2 Å². The molecule has 0 aliphatic rings. The lowest BCUT2D eigenvalue weighted by Gasteiger charge is -2.15. The van der Waals surface area contributed by atoms with E-state index in [0.717, 1.165) is 15.6 Å². The number of nitrogens with one attached hydrogen (secondary N) is 1. The Morgan fingerprint density at radius 3 is 2.61 bits per heavy atom. The molecule has 0 bridgehead atoms. The maximum absolute atomic E-state index is 10.2. The highest BCUT2D eigenvalue weighted by Crippen LogP contribution is 2.36. The van der Waals surface area contributed by atoms with E-state index in [1.165, 1.54) is 0 Å². The van der Waals surface area contributed by atoms with Crippen LogP contribution in [0.25, 0.3) is 0 Å². The van der Waals surface area contributed by atoms with Gasteiger partial charge in [0, 0.05) is 13.1 Å². The molecule has 2 N–H and O–H groups in total.